The molecule has 0 saturated heterocycles. The van der Waals surface area contributed by atoms with E-state index in [2.05, 4.69) is 27.5 Å². The molecule has 6 heteroatoms. The summed E-state index contributed by atoms with van der Waals surface area (Å²) >= 11 is 0. The molecule has 0 aliphatic heterocycles. The fourth-order valence-corrected chi connectivity index (χ4v) is 1.63. The summed E-state index contributed by atoms with van der Waals surface area (Å²) in [6.45, 7) is 8.53. The molecular formula is C11H28N6. The van der Waals surface area contributed by atoms with Crippen molar-refractivity contribution in [1.82, 2.24) is 10.2 Å². The third kappa shape index (κ3) is 11.5. The summed E-state index contributed by atoms with van der Waals surface area (Å²) in [6, 6.07) is 0. The lowest BCUT2D eigenvalue weighted by Gasteiger charge is -2.21. The van der Waals surface area contributed by atoms with Gasteiger partial charge >= 0.3 is 0 Å². The van der Waals surface area contributed by atoms with Gasteiger partial charge in [0, 0.05) is 32.7 Å². The van der Waals surface area contributed by atoms with Crippen LogP contribution in [0.2, 0.25) is 0 Å². The highest BCUT2D eigenvalue weighted by molar-refractivity contribution is 4.61. The van der Waals surface area contributed by atoms with E-state index >= 15 is 0 Å². The number of unbranched alkanes of at least 4 members (excludes halogenated alkanes) is 2. The lowest BCUT2D eigenvalue weighted by atomic mass is 10.2. The van der Waals surface area contributed by atoms with E-state index in [9.17, 15) is 0 Å². The van der Waals surface area contributed by atoms with Crippen LogP contribution in [0, 0.1) is 0 Å². The van der Waals surface area contributed by atoms with Crippen molar-refractivity contribution in [3.63, 3.8) is 0 Å². The molecular weight excluding hydrogens is 216 g/mol. The van der Waals surface area contributed by atoms with Gasteiger partial charge in [0.15, 0.2) is 0 Å². The normalized spacial score (nSPS) is 11.7. The fourth-order valence-electron chi connectivity index (χ4n) is 1.63. The molecule has 0 aromatic rings. The molecule has 0 aliphatic rings. The molecule has 6 nitrogen and oxygen atoms in total. The van der Waals surface area contributed by atoms with Gasteiger partial charge in [0.1, 0.15) is 0 Å². The predicted molar refractivity (Wildman–Crippen MR) is 71.8 cm³/mol. The summed E-state index contributed by atoms with van der Waals surface area (Å²) in [5, 5.41) is 10.4. The Labute approximate surface area is 105 Å². The van der Waals surface area contributed by atoms with Gasteiger partial charge in [0.05, 0.1) is 6.54 Å². The van der Waals surface area contributed by atoms with Crippen molar-refractivity contribution < 1.29 is 0 Å². The first-order valence-electron chi connectivity index (χ1n) is 6.55. The van der Waals surface area contributed by atoms with Crippen LogP contribution in [0.5, 0.6) is 0 Å². The van der Waals surface area contributed by atoms with Crippen molar-refractivity contribution in [2.75, 3.05) is 45.8 Å². The first-order chi connectivity index (χ1) is 8.35. The molecule has 0 aliphatic carbocycles. The van der Waals surface area contributed by atoms with E-state index < -0.39 is 0 Å². The zero-order valence-electron chi connectivity index (χ0n) is 11.1. The van der Waals surface area contributed by atoms with Gasteiger partial charge in [-0.3, -0.25) is 0 Å². The third-order valence-corrected chi connectivity index (χ3v) is 2.60. The number of nitrogens with two attached hydrogens (primary N) is 2. The van der Waals surface area contributed by atoms with Crippen LogP contribution in [0.3, 0.4) is 0 Å². The van der Waals surface area contributed by atoms with Crippen LogP contribution >= 0.6 is 0 Å². The van der Waals surface area contributed by atoms with Crippen LogP contribution in [0.1, 0.15) is 26.2 Å². The Hall–Kier alpha value is -0.720. The minimum absolute atomic E-state index is 0.680. The summed E-state index contributed by atoms with van der Waals surface area (Å²) in [5.74, 6) is 4.99. The monoisotopic (exact) mass is 244 g/mol. The largest absolute Gasteiger partial charge is 0.329 e. The predicted octanol–water partition coefficient (Wildman–Crippen LogP) is 0.353. The molecule has 0 heterocycles. The smallest absolute Gasteiger partial charge is 0.0747 e. The zero-order chi connectivity index (χ0) is 12.8. The summed E-state index contributed by atoms with van der Waals surface area (Å²) in [7, 11) is 0. The van der Waals surface area contributed by atoms with Crippen LogP contribution in [0.25, 0.3) is 0 Å². The van der Waals surface area contributed by atoms with E-state index in [0.717, 1.165) is 32.7 Å². The Morgan fingerprint density at radius 1 is 1.12 bits per heavy atom. The van der Waals surface area contributed by atoms with Gasteiger partial charge in [-0.15, -0.1) is 0 Å². The molecule has 5 N–H and O–H groups in total. The fraction of sp³-hybridized carbons (Fsp3) is 1.00. The lowest BCUT2D eigenvalue weighted by Crippen LogP contribution is -2.36. The molecule has 17 heavy (non-hydrogen) atoms. The molecule has 0 atom stereocenters. The maximum Gasteiger partial charge on any atom is 0.0747 e. The van der Waals surface area contributed by atoms with Gasteiger partial charge in [0.2, 0.25) is 0 Å². The number of hydrogen-bond acceptors (Lipinski definition) is 5. The molecule has 0 saturated carbocycles. The highest BCUT2D eigenvalue weighted by Crippen LogP contribution is 1.98. The summed E-state index contributed by atoms with van der Waals surface area (Å²) in [6.07, 6.45) is 3.78. The van der Waals surface area contributed by atoms with Gasteiger partial charge in [-0.05, 0) is 13.0 Å². The zero-order valence-corrected chi connectivity index (χ0v) is 11.1. The highest BCUT2D eigenvalue weighted by Gasteiger charge is 2.03. The van der Waals surface area contributed by atoms with Crippen LogP contribution in [0.15, 0.2) is 10.3 Å². The summed E-state index contributed by atoms with van der Waals surface area (Å²) in [4.78, 5) is 2.40. The maximum absolute atomic E-state index is 5.42. The Kier molecular flexibility index (Phi) is 12.8. The standard InChI is InChI=1S/C11H28N6/c1-2-3-4-9-17(11-8-15-16-13)10-7-14-6-5-12/h14H,2-12H2,1H3,(H2,13,15). The Morgan fingerprint density at radius 3 is 2.59 bits per heavy atom. The van der Waals surface area contributed by atoms with Crippen molar-refractivity contribution in [2.24, 2.45) is 21.9 Å². The molecule has 0 amide bonds. The quantitative estimate of drug-likeness (QED) is 0.200. The van der Waals surface area contributed by atoms with E-state index in [4.69, 9.17) is 11.6 Å². The first-order valence-corrected chi connectivity index (χ1v) is 6.55. The topological polar surface area (TPSA) is 92.0 Å². The number of rotatable bonds is 12. The van der Waals surface area contributed by atoms with Crippen LogP contribution in [-0.2, 0) is 0 Å². The molecule has 0 rings (SSSR count). The second kappa shape index (κ2) is 13.3. The van der Waals surface area contributed by atoms with Crippen LogP contribution in [-0.4, -0.2) is 50.7 Å². The molecule has 0 radical (unpaired) electrons. The van der Waals surface area contributed by atoms with E-state index in [1.165, 1.54) is 19.3 Å². The Bertz CT molecular complexity index is 173. The maximum atomic E-state index is 5.42. The molecule has 0 aromatic carbocycles. The second-order valence-electron chi connectivity index (χ2n) is 4.07. The number of nitrogens with one attached hydrogen (secondary N) is 1. The van der Waals surface area contributed by atoms with Crippen molar-refractivity contribution in [1.29, 1.82) is 0 Å². The van der Waals surface area contributed by atoms with Crippen molar-refractivity contribution in [3.8, 4) is 0 Å². The average molecular weight is 244 g/mol. The van der Waals surface area contributed by atoms with Crippen LogP contribution in [0.4, 0.5) is 0 Å². The molecule has 0 fully saturated rings. The van der Waals surface area contributed by atoms with Gasteiger partial charge in [-0.25, -0.2) is 0 Å². The van der Waals surface area contributed by atoms with E-state index in [-0.39, 0.29) is 0 Å². The van der Waals surface area contributed by atoms with Gasteiger partial charge in [-0.1, -0.05) is 25.0 Å². The van der Waals surface area contributed by atoms with Crippen molar-refractivity contribution in [2.45, 2.75) is 26.2 Å². The minimum Gasteiger partial charge on any atom is -0.329 e. The lowest BCUT2D eigenvalue weighted by molar-refractivity contribution is 0.273. The SMILES string of the molecule is CCCCCN(CCN=NN)CCNCCN. The van der Waals surface area contributed by atoms with Gasteiger partial charge < -0.3 is 21.8 Å². The minimum atomic E-state index is 0.680. The van der Waals surface area contributed by atoms with Gasteiger partial charge in [0.25, 0.3) is 0 Å². The number of hydrogen-bond donors (Lipinski definition) is 3. The number of nitrogens with zero attached hydrogens (tertiary/aromatic N) is 3. The Balaban J connectivity index is 3.67. The van der Waals surface area contributed by atoms with E-state index in [1.54, 1.807) is 0 Å². The van der Waals surface area contributed by atoms with E-state index in [0.29, 0.717) is 13.1 Å². The van der Waals surface area contributed by atoms with E-state index in [1.807, 2.05) is 0 Å². The first kappa shape index (κ1) is 16.3. The molecule has 0 spiro atoms. The van der Waals surface area contributed by atoms with Crippen LogP contribution < -0.4 is 16.9 Å². The molecule has 0 bridgehead atoms. The Morgan fingerprint density at radius 2 is 1.94 bits per heavy atom. The third-order valence-electron chi connectivity index (χ3n) is 2.60. The highest BCUT2D eigenvalue weighted by atomic mass is 15.3. The molecule has 102 valence electrons. The summed E-state index contributed by atoms with van der Waals surface area (Å²) in [5.41, 5.74) is 5.42. The second-order valence-corrected chi connectivity index (χ2v) is 4.07. The average Bonchev–Trinajstić information content (AvgIpc) is 2.34. The van der Waals surface area contributed by atoms with Gasteiger partial charge in [-0.2, -0.15) is 5.11 Å². The molecule has 0 unspecified atom stereocenters. The van der Waals surface area contributed by atoms with Crippen molar-refractivity contribution >= 4 is 0 Å². The molecule has 0 aromatic heterocycles. The van der Waals surface area contributed by atoms with Crippen molar-refractivity contribution in [3.05, 3.63) is 0 Å². The summed E-state index contributed by atoms with van der Waals surface area (Å²) < 4.78 is 0.